The van der Waals surface area contributed by atoms with Crippen molar-refractivity contribution >= 4 is 11.0 Å². The molecule has 4 nitrogen and oxygen atoms in total. The zero-order valence-corrected chi connectivity index (χ0v) is 17.8. The van der Waals surface area contributed by atoms with Crippen molar-refractivity contribution in [2.75, 3.05) is 13.7 Å². The van der Waals surface area contributed by atoms with E-state index in [0.29, 0.717) is 17.8 Å². The molecule has 4 rings (SSSR count). The molecule has 2 aromatic rings. The first-order valence-corrected chi connectivity index (χ1v) is 11.0. The van der Waals surface area contributed by atoms with Gasteiger partial charge < -0.3 is 15.0 Å². The summed E-state index contributed by atoms with van der Waals surface area (Å²) in [6.07, 6.45) is 8.94. The Morgan fingerprint density at radius 2 is 2.11 bits per heavy atom. The number of aromatic nitrogens is 2. The summed E-state index contributed by atoms with van der Waals surface area (Å²) in [5.74, 6) is 4.66. The van der Waals surface area contributed by atoms with Crippen LogP contribution in [0.5, 0.6) is 5.75 Å². The van der Waals surface area contributed by atoms with Gasteiger partial charge in [-0.25, -0.2) is 4.98 Å². The van der Waals surface area contributed by atoms with E-state index >= 15 is 0 Å². The molecular weight excluding hydrogens is 346 g/mol. The molecule has 1 fully saturated rings. The van der Waals surface area contributed by atoms with Crippen LogP contribution in [0.15, 0.2) is 29.8 Å². The van der Waals surface area contributed by atoms with Crippen molar-refractivity contribution in [3.05, 3.63) is 35.7 Å². The van der Waals surface area contributed by atoms with Gasteiger partial charge in [-0.15, -0.1) is 0 Å². The predicted molar refractivity (Wildman–Crippen MR) is 116 cm³/mol. The van der Waals surface area contributed by atoms with Crippen LogP contribution in [0.2, 0.25) is 0 Å². The van der Waals surface area contributed by atoms with Crippen molar-refractivity contribution in [2.24, 2.45) is 23.7 Å². The molecule has 4 heteroatoms. The van der Waals surface area contributed by atoms with Crippen LogP contribution in [0.1, 0.15) is 52.3 Å². The number of aromatic amines is 1. The topological polar surface area (TPSA) is 49.9 Å². The smallest absolute Gasteiger partial charge is 0.121 e. The Hall–Kier alpha value is -1.81. The maximum absolute atomic E-state index is 5.34. The molecule has 2 aliphatic carbocycles. The molecule has 3 atom stereocenters. The third-order valence-corrected chi connectivity index (χ3v) is 7.01. The van der Waals surface area contributed by atoms with Crippen molar-refractivity contribution < 1.29 is 4.74 Å². The lowest BCUT2D eigenvalue weighted by Gasteiger charge is -2.38. The lowest BCUT2D eigenvalue weighted by molar-refractivity contribution is 0.208. The summed E-state index contributed by atoms with van der Waals surface area (Å²) in [5, 5.41) is 3.81. The Labute approximate surface area is 169 Å². The van der Waals surface area contributed by atoms with Gasteiger partial charge in [-0.3, -0.25) is 0 Å². The Bertz CT molecular complexity index is 833. The maximum Gasteiger partial charge on any atom is 0.121 e. The van der Waals surface area contributed by atoms with Crippen LogP contribution in [0.25, 0.3) is 11.0 Å². The second kappa shape index (κ2) is 8.28. The molecule has 0 spiro atoms. The molecule has 1 saturated carbocycles. The lowest BCUT2D eigenvalue weighted by atomic mass is 9.69. The minimum atomic E-state index is 0.579. The highest BCUT2D eigenvalue weighted by Gasteiger charge is 2.32. The first-order valence-electron chi connectivity index (χ1n) is 11.0. The van der Waals surface area contributed by atoms with Crippen molar-refractivity contribution in [3.8, 4) is 5.75 Å². The molecule has 0 amide bonds. The zero-order chi connectivity index (χ0) is 19.7. The molecule has 2 aliphatic rings. The van der Waals surface area contributed by atoms with E-state index in [1.54, 1.807) is 7.11 Å². The largest absolute Gasteiger partial charge is 0.497 e. The number of hydrogen-bond acceptors (Lipinski definition) is 3. The number of methoxy groups -OCH3 is 1. The van der Waals surface area contributed by atoms with E-state index in [1.165, 1.54) is 31.3 Å². The van der Waals surface area contributed by atoms with Crippen molar-refractivity contribution in [3.63, 3.8) is 0 Å². The number of hydrogen-bond donors (Lipinski definition) is 2. The summed E-state index contributed by atoms with van der Waals surface area (Å²) in [7, 11) is 1.71. The molecular formula is C24H35N3O. The molecule has 28 heavy (non-hydrogen) atoms. The first kappa shape index (κ1) is 19.5. The first-order chi connectivity index (χ1) is 13.5. The van der Waals surface area contributed by atoms with Crippen molar-refractivity contribution in [2.45, 2.75) is 58.9 Å². The summed E-state index contributed by atoms with van der Waals surface area (Å²) < 4.78 is 5.34. The van der Waals surface area contributed by atoms with Crippen LogP contribution >= 0.6 is 0 Å². The number of nitrogens with zero attached hydrogens (tertiary/aromatic N) is 1. The monoisotopic (exact) mass is 381 g/mol. The number of nitrogens with one attached hydrogen (secondary N) is 2. The Balaban J connectivity index is 1.48. The van der Waals surface area contributed by atoms with Gasteiger partial charge in [-0.1, -0.05) is 31.9 Å². The summed E-state index contributed by atoms with van der Waals surface area (Å²) in [5.41, 5.74) is 3.63. The highest BCUT2D eigenvalue weighted by Crippen LogP contribution is 2.39. The van der Waals surface area contributed by atoms with E-state index in [9.17, 15) is 0 Å². The SMILES string of the molecule is COc1ccc2nc(CC3CC(C(C)C)C(CNC4CCC4)C=C3C)[nH]c2c1. The second-order valence-corrected chi connectivity index (χ2v) is 9.22. The fourth-order valence-electron chi connectivity index (χ4n) is 4.92. The molecule has 0 saturated heterocycles. The van der Waals surface area contributed by atoms with Gasteiger partial charge in [0.15, 0.2) is 0 Å². The number of rotatable bonds is 7. The summed E-state index contributed by atoms with van der Waals surface area (Å²) in [6, 6.07) is 6.82. The molecule has 0 radical (unpaired) electrons. The third kappa shape index (κ3) is 4.12. The number of imidazole rings is 1. The average molecular weight is 382 g/mol. The minimum Gasteiger partial charge on any atom is -0.497 e. The maximum atomic E-state index is 5.34. The number of H-pyrrole nitrogens is 1. The van der Waals surface area contributed by atoms with Gasteiger partial charge in [0.1, 0.15) is 11.6 Å². The number of ether oxygens (including phenoxy) is 1. The summed E-state index contributed by atoms with van der Waals surface area (Å²) in [4.78, 5) is 8.35. The van der Waals surface area contributed by atoms with Crippen LogP contribution in [-0.4, -0.2) is 29.7 Å². The van der Waals surface area contributed by atoms with Gasteiger partial charge in [0.05, 0.1) is 18.1 Å². The normalized spacial score (nSPS) is 25.8. The molecule has 152 valence electrons. The Morgan fingerprint density at radius 1 is 1.29 bits per heavy atom. The Kier molecular flexibility index (Phi) is 5.77. The predicted octanol–water partition coefficient (Wildman–Crippen LogP) is 5.11. The zero-order valence-electron chi connectivity index (χ0n) is 17.8. The van der Waals surface area contributed by atoms with E-state index in [-0.39, 0.29) is 0 Å². The van der Waals surface area contributed by atoms with E-state index in [0.717, 1.165) is 47.5 Å². The molecule has 1 aromatic heterocycles. The second-order valence-electron chi connectivity index (χ2n) is 9.22. The standard InChI is InChI=1S/C24H35N3O/c1-15(2)21-11-17(16(3)10-18(21)14-25-19-6-5-7-19)12-24-26-22-9-8-20(28-4)13-23(22)27-24/h8-10,13,15,17-19,21,25H,5-7,11-12,14H2,1-4H3,(H,26,27). The third-order valence-electron chi connectivity index (χ3n) is 7.01. The summed E-state index contributed by atoms with van der Waals surface area (Å²) >= 11 is 0. The highest BCUT2D eigenvalue weighted by molar-refractivity contribution is 5.76. The van der Waals surface area contributed by atoms with Crippen molar-refractivity contribution in [1.82, 2.24) is 15.3 Å². The van der Waals surface area contributed by atoms with Gasteiger partial charge in [0.25, 0.3) is 0 Å². The number of benzene rings is 1. The van der Waals surface area contributed by atoms with Crippen LogP contribution in [0, 0.1) is 23.7 Å². The molecule has 1 aromatic carbocycles. The van der Waals surface area contributed by atoms with Crippen LogP contribution in [0.3, 0.4) is 0 Å². The van der Waals surface area contributed by atoms with Gasteiger partial charge in [0, 0.05) is 25.1 Å². The number of fused-ring (bicyclic) bond motifs is 1. The van der Waals surface area contributed by atoms with Crippen LogP contribution < -0.4 is 10.1 Å². The van der Waals surface area contributed by atoms with E-state index in [2.05, 4.69) is 37.1 Å². The van der Waals surface area contributed by atoms with E-state index < -0.39 is 0 Å². The molecule has 1 heterocycles. The minimum absolute atomic E-state index is 0.579. The van der Waals surface area contributed by atoms with E-state index in [1.807, 2.05) is 18.2 Å². The average Bonchev–Trinajstić information content (AvgIpc) is 3.03. The van der Waals surface area contributed by atoms with Gasteiger partial charge in [-0.05, 0) is 62.0 Å². The molecule has 0 bridgehead atoms. The van der Waals surface area contributed by atoms with Crippen molar-refractivity contribution in [1.29, 1.82) is 0 Å². The summed E-state index contributed by atoms with van der Waals surface area (Å²) in [6.45, 7) is 8.24. The fourth-order valence-corrected chi connectivity index (χ4v) is 4.92. The van der Waals surface area contributed by atoms with E-state index in [4.69, 9.17) is 9.72 Å². The van der Waals surface area contributed by atoms with Crippen LogP contribution in [0.4, 0.5) is 0 Å². The van der Waals surface area contributed by atoms with Crippen LogP contribution in [-0.2, 0) is 6.42 Å². The molecule has 3 unspecified atom stereocenters. The van der Waals surface area contributed by atoms with Gasteiger partial charge >= 0.3 is 0 Å². The highest BCUT2D eigenvalue weighted by atomic mass is 16.5. The molecule has 0 aliphatic heterocycles. The van der Waals surface area contributed by atoms with Gasteiger partial charge in [-0.2, -0.15) is 0 Å². The Morgan fingerprint density at radius 3 is 2.79 bits per heavy atom. The quantitative estimate of drug-likeness (QED) is 0.655. The lowest BCUT2D eigenvalue weighted by Crippen LogP contribution is -2.41. The van der Waals surface area contributed by atoms with Gasteiger partial charge in [0.2, 0.25) is 0 Å². The number of allylic oxidation sites excluding steroid dienone is 1. The fraction of sp³-hybridized carbons (Fsp3) is 0.625. The molecule has 2 N–H and O–H groups in total.